The fraction of sp³-hybridized carbons (Fsp3) is 0.600. The van der Waals surface area contributed by atoms with Crippen LogP contribution in [0.1, 0.15) is 32.1 Å². The molecular weight excluding hydrogens is 272 g/mol. The molecule has 0 aromatic carbocycles. The van der Waals surface area contributed by atoms with E-state index in [1.807, 2.05) is 18.2 Å². The van der Waals surface area contributed by atoms with Crippen LogP contribution in [0.3, 0.4) is 0 Å². The van der Waals surface area contributed by atoms with Crippen molar-refractivity contribution in [3.05, 3.63) is 24.4 Å². The molecule has 4 nitrogen and oxygen atoms in total. The molecule has 5 heteroatoms. The number of rotatable bonds is 6. The smallest absolute Gasteiger partial charge is 0.221 e. The molecule has 1 aliphatic carbocycles. The number of nitrogens with zero attached hydrogens (tertiary/aromatic N) is 1. The second-order valence-corrected chi connectivity index (χ2v) is 6.28. The largest absolute Gasteiger partial charge is 0.396 e. The van der Waals surface area contributed by atoms with E-state index >= 15 is 0 Å². The third kappa shape index (κ3) is 4.80. The molecular formula is C15H22N2O2S. The van der Waals surface area contributed by atoms with Gasteiger partial charge < -0.3 is 10.4 Å². The van der Waals surface area contributed by atoms with Gasteiger partial charge in [-0.3, -0.25) is 4.79 Å². The fourth-order valence-corrected chi connectivity index (χ4v) is 3.38. The Morgan fingerprint density at radius 3 is 3.00 bits per heavy atom. The first kappa shape index (κ1) is 15.3. The van der Waals surface area contributed by atoms with Crippen molar-refractivity contribution in [1.82, 2.24) is 10.3 Å². The van der Waals surface area contributed by atoms with Crippen molar-refractivity contribution < 1.29 is 9.90 Å². The second-order valence-electron chi connectivity index (χ2n) is 5.17. The Balaban J connectivity index is 1.69. The number of nitrogens with one attached hydrogen (secondary N) is 1. The topological polar surface area (TPSA) is 62.2 Å². The summed E-state index contributed by atoms with van der Waals surface area (Å²) in [5.41, 5.74) is 0. The van der Waals surface area contributed by atoms with Gasteiger partial charge in [0.2, 0.25) is 5.91 Å². The van der Waals surface area contributed by atoms with Crippen molar-refractivity contribution in [2.24, 2.45) is 5.92 Å². The number of pyridine rings is 1. The van der Waals surface area contributed by atoms with E-state index in [2.05, 4.69) is 10.3 Å². The average molecular weight is 294 g/mol. The summed E-state index contributed by atoms with van der Waals surface area (Å²) in [6.07, 6.45) is 6.57. The van der Waals surface area contributed by atoms with Crippen LogP contribution in [-0.2, 0) is 4.79 Å². The van der Waals surface area contributed by atoms with Crippen LogP contribution < -0.4 is 5.32 Å². The Kier molecular flexibility index (Phi) is 6.33. The van der Waals surface area contributed by atoms with Crippen LogP contribution in [0.25, 0.3) is 0 Å². The molecule has 110 valence electrons. The maximum Gasteiger partial charge on any atom is 0.221 e. The zero-order valence-electron chi connectivity index (χ0n) is 11.6. The van der Waals surface area contributed by atoms with Crippen molar-refractivity contribution in [3.8, 4) is 0 Å². The number of aliphatic hydroxyl groups is 1. The Morgan fingerprint density at radius 2 is 2.25 bits per heavy atom. The number of carbonyl (C=O) groups excluding carboxylic acids is 1. The molecule has 1 amide bonds. The first-order chi connectivity index (χ1) is 9.79. The molecule has 1 aliphatic rings. The molecule has 0 aliphatic heterocycles. The lowest BCUT2D eigenvalue weighted by Crippen LogP contribution is -2.43. The molecule has 1 fully saturated rings. The van der Waals surface area contributed by atoms with Gasteiger partial charge in [-0.25, -0.2) is 4.98 Å². The van der Waals surface area contributed by atoms with Crippen LogP contribution in [0.2, 0.25) is 0 Å². The minimum absolute atomic E-state index is 0.0822. The van der Waals surface area contributed by atoms with Gasteiger partial charge in [-0.1, -0.05) is 18.9 Å². The van der Waals surface area contributed by atoms with Crippen LogP contribution in [0.4, 0.5) is 0 Å². The number of aromatic nitrogens is 1. The maximum absolute atomic E-state index is 11.9. The number of aliphatic hydroxyl groups excluding tert-OH is 1. The molecule has 0 bridgehead atoms. The van der Waals surface area contributed by atoms with E-state index in [4.69, 9.17) is 0 Å². The number of hydrogen-bond donors (Lipinski definition) is 2. The van der Waals surface area contributed by atoms with E-state index in [-0.39, 0.29) is 24.5 Å². The van der Waals surface area contributed by atoms with E-state index < -0.39 is 0 Å². The molecule has 20 heavy (non-hydrogen) atoms. The summed E-state index contributed by atoms with van der Waals surface area (Å²) in [7, 11) is 0. The third-order valence-electron chi connectivity index (χ3n) is 3.71. The van der Waals surface area contributed by atoms with Gasteiger partial charge in [0.1, 0.15) is 0 Å². The van der Waals surface area contributed by atoms with Gasteiger partial charge in [0.05, 0.1) is 5.03 Å². The minimum atomic E-state index is 0.0822. The molecule has 1 saturated carbocycles. The average Bonchev–Trinajstić information content (AvgIpc) is 2.49. The highest BCUT2D eigenvalue weighted by molar-refractivity contribution is 7.99. The highest BCUT2D eigenvalue weighted by Gasteiger charge is 2.25. The third-order valence-corrected chi connectivity index (χ3v) is 4.65. The van der Waals surface area contributed by atoms with Crippen LogP contribution in [0.15, 0.2) is 29.4 Å². The summed E-state index contributed by atoms with van der Waals surface area (Å²) >= 11 is 1.60. The van der Waals surface area contributed by atoms with Crippen molar-refractivity contribution in [2.75, 3.05) is 12.4 Å². The molecule has 2 atom stereocenters. The molecule has 2 unspecified atom stereocenters. The Morgan fingerprint density at radius 1 is 1.40 bits per heavy atom. The van der Waals surface area contributed by atoms with E-state index in [9.17, 15) is 9.90 Å². The van der Waals surface area contributed by atoms with E-state index in [1.165, 1.54) is 0 Å². The molecule has 1 aromatic heterocycles. The number of carbonyl (C=O) groups is 1. The molecule has 2 N–H and O–H groups in total. The van der Waals surface area contributed by atoms with E-state index in [0.29, 0.717) is 6.42 Å². The maximum atomic E-state index is 11.9. The standard InChI is InChI=1S/C15H22N2O2S/c18-11-12-5-1-2-6-13(12)17-14(19)8-10-20-15-7-3-4-9-16-15/h3-4,7,9,12-13,18H,1-2,5-6,8,10-11H2,(H,17,19). The van der Waals surface area contributed by atoms with Crippen molar-refractivity contribution >= 4 is 17.7 Å². The summed E-state index contributed by atoms with van der Waals surface area (Å²) in [5.74, 6) is 1.05. The zero-order chi connectivity index (χ0) is 14.2. The summed E-state index contributed by atoms with van der Waals surface area (Å²) in [4.78, 5) is 16.2. The zero-order valence-corrected chi connectivity index (χ0v) is 12.4. The lowest BCUT2D eigenvalue weighted by atomic mass is 9.85. The predicted molar refractivity (Wildman–Crippen MR) is 80.6 cm³/mol. The molecule has 0 spiro atoms. The Hall–Kier alpha value is -1.07. The number of thioether (sulfide) groups is 1. The normalized spacial score (nSPS) is 22.4. The van der Waals surface area contributed by atoms with Crippen molar-refractivity contribution in [1.29, 1.82) is 0 Å². The van der Waals surface area contributed by atoms with Gasteiger partial charge >= 0.3 is 0 Å². The van der Waals surface area contributed by atoms with Gasteiger partial charge in [0, 0.05) is 36.9 Å². The second kappa shape index (κ2) is 8.27. The fourth-order valence-electron chi connectivity index (χ4n) is 2.58. The highest BCUT2D eigenvalue weighted by Crippen LogP contribution is 2.24. The summed E-state index contributed by atoms with van der Waals surface area (Å²) in [5, 5.41) is 13.4. The SMILES string of the molecule is O=C(CCSc1ccccn1)NC1CCCCC1CO. The lowest BCUT2D eigenvalue weighted by molar-refractivity contribution is -0.122. The van der Waals surface area contributed by atoms with Gasteiger partial charge in [-0.05, 0) is 25.0 Å². The van der Waals surface area contributed by atoms with E-state index in [0.717, 1.165) is 36.5 Å². The quantitative estimate of drug-likeness (QED) is 0.790. The summed E-state index contributed by atoms with van der Waals surface area (Å²) in [6.45, 7) is 0.174. The van der Waals surface area contributed by atoms with Crippen LogP contribution in [0, 0.1) is 5.92 Å². The van der Waals surface area contributed by atoms with Gasteiger partial charge in [-0.15, -0.1) is 11.8 Å². The molecule has 0 saturated heterocycles. The van der Waals surface area contributed by atoms with Crippen LogP contribution in [0.5, 0.6) is 0 Å². The predicted octanol–water partition coefficient (Wildman–Crippen LogP) is 2.23. The summed E-state index contributed by atoms with van der Waals surface area (Å²) in [6, 6.07) is 5.94. The number of amides is 1. The van der Waals surface area contributed by atoms with E-state index in [1.54, 1.807) is 18.0 Å². The van der Waals surface area contributed by atoms with Gasteiger partial charge in [-0.2, -0.15) is 0 Å². The lowest BCUT2D eigenvalue weighted by Gasteiger charge is -2.30. The van der Waals surface area contributed by atoms with Crippen molar-refractivity contribution in [3.63, 3.8) is 0 Å². The van der Waals surface area contributed by atoms with Crippen molar-refractivity contribution in [2.45, 2.75) is 43.2 Å². The first-order valence-corrected chi connectivity index (χ1v) is 8.22. The highest BCUT2D eigenvalue weighted by atomic mass is 32.2. The molecule has 0 radical (unpaired) electrons. The Bertz CT molecular complexity index is 414. The van der Waals surface area contributed by atoms with Crippen LogP contribution >= 0.6 is 11.8 Å². The Labute approximate surface area is 124 Å². The molecule has 2 rings (SSSR count). The molecule has 1 heterocycles. The van der Waals surface area contributed by atoms with Gasteiger partial charge in [0.25, 0.3) is 0 Å². The summed E-state index contributed by atoms with van der Waals surface area (Å²) < 4.78 is 0. The number of hydrogen-bond acceptors (Lipinski definition) is 4. The van der Waals surface area contributed by atoms with Crippen LogP contribution in [-0.4, -0.2) is 34.4 Å². The monoisotopic (exact) mass is 294 g/mol. The first-order valence-electron chi connectivity index (χ1n) is 7.23. The van der Waals surface area contributed by atoms with Gasteiger partial charge in [0.15, 0.2) is 0 Å². The molecule has 1 aromatic rings. The minimum Gasteiger partial charge on any atom is -0.396 e.